The van der Waals surface area contributed by atoms with E-state index in [1.54, 1.807) is 11.8 Å². The first-order valence-corrected chi connectivity index (χ1v) is 9.11. The summed E-state index contributed by atoms with van der Waals surface area (Å²) in [4.78, 5) is 8.81. The molecule has 0 aliphatic rings. The molecule has 2 heterocycles. The van der Waals surface area contributed by atoms with E-state index in [1.165, 1.54) is 5.56 Å². The van der Waals surface area contributed by atoms with Crippen LogP contribution in [0.4, 0.5) is 0 Å². The third-order valence-electron chi connectivity index (χ3n) is 3.93. The monoisotopic (exact) mass is 343 g/mol. The lowest BCUT2D eigenvalue weighted by molar-refractivity contribution is 0.900. The van der Waals surface area contributed by atoms with Crippen molar-refractivity contribution >= 4 is 11.8 Å². The second-order valence-electron chi connectivity index (χ2n) is 5.61. The number of benzene rings is 2. The zero-order valence-corrected chi connectivity index (χ0v) is 14.4. The Bertz CT molecular complexity index is 935. The van der Waals surface area contributed by atoms with E-state index in [0.717, 1.165) is 27.9 Å². The van der Waals surface area contributed by atoms with E-state index < -0.39 is 0 Å². The van der Waals surface area contributed by atoms with Crippen LogP contribution in [-0.2, 0) is 5.75 Å². The number of nitrogens with zero attached hydrogens (tertiary/aromatic N) is 3. The van der Waals surface area contributed by atoms with Crippen LogP contribution in [0.2, 0.25) is 0 Å². The van der Waals surface area contributed by atoms with Gasteiger partial charge in [0.25, 0.3) is 0 Å². The first-order chi connectivity index (χ1) is 12.4. The molecule has 2 aromatic heterocycles. The van der Waals surface area contributed by atoms with Crippen molar-refractivity contribution in [2.75, 3.05) is 0 Å². The molecule has 0 saturated heterocycles. The van der Waals surface area contributed by atoms with Crippen molar-refractivity contribution in [2.45, 2.75) is 10.9 Å². The number of aromatic nitrogens is 3. The van der Waals surface area contributed by atoms with Crippen molar-refractivity contribution in [2.24, 2.45) is 0 Å². The van der Waals surface area contributed by atoms with E-state index in [-0.39, 0.29) is 0 Å². The molecular weight excluding hydrogens is 326 g/mol. The van der Waals surface area contributed by atoms with Crippen molar-refractivity contribution in [3.8, 4) is 16.9 Å². The molecule has 0 fully saturated rings. The van der Waals surface area contributed by atoms with Gasteiger partial charge in [0.2, 0.25) is 0 Å². The largest absolute Gasteiger partial charge is 0.287 e. The fraction of sp³-hybridized carbons (Fsp3) is 0.0476. The molecule has 0 saturated carbocycles. The number of imidazole rings is 1. The molecule has 0 radical (unpaired) electrons. The van der Waals surface area contributed by atoms with Crippen LogP contribution in [0.5, 0.6) is 0 Å². The summed E-state index contributed by atoms with van der Waals surface area (Å²) < 4.78 is 2.21. The molecule has 4 rings (SSSR count). The highest BCUT2D eigenvalue weighted by Crippen LogP contribution is 2.31. The quantitative estimate of drug-likeness (QED) is 0.465. The van der Waals surface area contributed by atoms with Crippen LogP contribution >= 0.6 is 11.8 Å². The maximum absolute atomic E-state index is 4.69. The van der Waals surface area contributed by atoms with Crippen LogP contribution in [0.1, 0.15) is 5.56 Å². The van der Waals surface area contributed by atoms with E-state index in [0.29, 0.717) is 0 Å². The Kier molecular flexibility index (Phi) is 4.61. The van der Waals surface area contributed by atoms with Crippen LogP contribution in [-0.4, -0.2) is 14.5 Å². The summed E-state index contributed by atoms with van der Waals surface area (Å²) in [6.07, 6.45) is 5.57. The Morgan fingerprint density at radius 3 is 2.20 bits per heavy atom. The molecule has 4 heteroatoms. The summed E-state index contributed by atoms with van der Waals surface area (Å²) in [5, 5.41) is 0.988. The molecule has 0 aliphatic carbocycles. The van der Waals surface area contributed by atoms with Gasteiger partial charge in [-0.05, 0) is 29.8 Å². The minimum absolute atomic E-state index is 0.889. The van der Waals surface area contributed by atoms with E-state index in [4.69, 9.17) is 0 Å². The van der Waals surface area contributed by atoms with Crippen molar-refractivity contribution in [3.05, 3.63) is 97.0 Å². The molecule has 25 heavy (non-hydrogen) atoms. The first-order valence-electron chi connectivity index (χ1n) is 8.12. The highest BCUT2D eigenvalue weighted by Gasteiger charge is 2.14. The van der Waals surface area contributed by atoms with Crippen molar-refractivity contribution in [1.29, 1.82) is 0 Å². The van der Waals surface area contributed by atoms with E-state index in [9.17, 15) is 0 Å². The van der Waals surface area contributed by atoms with Crippen LogP contribution in [0.3, 0.4) is 0 Å². The lowest BCUT2D eigenvalue weighted by Gasteiger charge is -2.12. The molecule has 122 valence electrons. The van der Waals surface area contributed by atoms with Crippen LogP contribution in [0, 0.1) is 0 Å². The molecule has 3 nitrogen and oxygen atoms in total. The van der Waals surface area contributed by atoms with Gasteiger partial charge >= 0.3 is 0 Å². The predicted molar refractivity (Wildman–Crippen MR) is 103 cm³/mol. The number of pyridine rings is 1. The standard InChI is InChI=1S/C21H17N3S/c1-3-7-17(8-4-1)16-25-21-23-15-20(18-11-13-22-14-12-18)24(21)19-9-5-2-6-10-19/h1-15H,16H2. The Morgan fingerprint density at radius 2 is 1.48 bits per heavy atom. The summed E-state index contributed by atoms with van der Waals surface area (Å²) in [7, 11) is 0. The lowest BCUT2D eigenvalue weighted by atomic mass is 10.2. The van der Waals surface area contributed by atoms with Gasteiger partial charge < -0.3 is 0 Å². The molecule has 0 N–H and O–H groups in total. The minimum atomic E-state index is 0.889. The van der Waals surface area contributed by atoms with Gasteiger partial charge in [-0.25, -0.2) is 4.98 Å². The average molecular weight is 343 g/mol. The molecule has 0 amide bonds. The van der Waals surface area contributed by atoms with Crippen LogP contribution < -0.4 is 0 Å². The first kappa shape index (κ1) is 15.7. The fourth-order valence-electron chi connectivity index (χ4n) is 2.71. The molecular formula is C21H17N3S. The zero-order chi connectivity index (χ0) is 16.9. The van der Waals surface area contributed by atoms with E-state index in [2.05, 4.69) is 63.1 Å². The Hall–Kier alpha value is -2.85. The van der Waals surface area contributed by atoms with Gasteiger partial charge in [0, 0.05) is 29.4 Å². The summed E-state index contributed by atoms with van der Waals surface area (Å²) in [5.41, 5.74) is 4.59. The second-order valence-corrected chi connectivity index (χ2v) is 6.55. The van der Waals surface area contributed by atoms with Gasteiger partial charge in [0.05, 0.1) is 11.9 Å². The van der Waals surface area contributed by atoms with E-state index >= 15 is 0 Å². The zero-order valence-electron chi connectivity index (χ0n) is 13.6. The van der Waals surface area contributed by atoms with Gasteiger partial charge in [-0.1, -0.05) is 60.3 Å². The number of hydrogen-bond acceptors (Lipinski definition) is 3. The van der Waals surface area contributed by atoms with Gasteiger partial charge in [0.15, 0.2) is 5.16 Å². The second kappa shape index (κ2) is 7.36. The molecule has 0 aliphatic heterocycles. The Morgan fingerprint density at radius 1 is 0.800 bits per heavy atom. The maximum atomic E-state index is 4.69. The van der Waals surface area contributed by atoms with Gasteiger partial charge in [-0.2, -0.15) is 0 Å². The topological polar surface area (TPSA) is 30.7 Å². The van der Waals surface area contributed by atoms with Crippen molar-refractivity contribution in [1.82, 2.24) is 14.5 Å². The third kappa shape index (κ3) is 3.49. The lowest BCUT2D eigenvalue weighted by Crippen LogP contribution is -1.99. The maximum Gasteiger partial charge on any atom is 0.173 e. The summed E-state index contributed by atoms with van der Waals surface area (Å²) in [5.74, 6) is 0.889. The molecule has 2 aromatic carbocycles. The normalized spacial score (nSPS) is 10.7. The SMILES string of the molecule is c1ccc(CSc2ncc(-c3ccncc3)n2-c2ccccc2)cc1. The molecule has 0 spiro atoms. The molecule has 0 bridgehead atoms. The number of thioether (sulfide) groups is 1. The number of rotatable bonds is 5. The average Bonchev–Trinajstić information content (AvgIpc) is 3.12. The minimum Gasteiger partial charge on any atom is -0.287 e. The number of para-hydroxylation sites is 1. The van der Waals surface area contributed by atoms with Gasteiger partial charge in [-0.15, -0.1) is 0 Å². The predicted octanol–water partition coefficient (Wildman–Crippen LogP) is 5.23. The summed E-state index contributed by atoms with van der Waals surface area (Å²) in [6.45, 7) is 0. The van der Waals surface area contributed by atoms with E-state index in [1.807, 2.05) is 42.9 Å². The van der Waals surface area contributed by atoms with Crippen LogP contribution in [0.15, 0.2) is 96.5 Å². The number of hydrogen-bond donors (Lipinski definition) is 0. The van der Waals surface area contributed by atoms with Gasteiger partial charge in [-0.3, -0.25) is 9.55 Å². The van der Waals surface area contributed by atoms with Crippen LogP contribution in [0.25, 0.3) is 16.9 Å². The smallest absolute Gasteiger partial charge is 0.173 e. The van der Waals surface area contributed by atoms with Gasteiger partial charge in [0.1, 0.15) is 0 Å². The van der Waals surface area contributed by atoms with Crippen molar-refractivity contribution < 1.29 is 0 Å². The molecule has 0 atom stereocenters. The molecule has 4 aromatic rings. The molecule has 0 unspecified atom stereocenters. The highest BCUT2D eigenvalue weighted by atomic mass is 32.2. The summed E-state index contributed by atoms with van der Waals surface area (Å²) in [6, 6.07) is 24.9. The third-order valence-corrected chi connectivity index (χ3v) is 4.95. The summed E-state index contributed by atoms with van der Waals surface area (Å²) >= 11 is 1.75. The Balaban J connectivity index is 1.73. The Labute approximate surface area is 151 Å². The fourth-order valence-corrected chi connectivity index (χ4v) is 3.66. The van der Waals surface area contributed by atoms with Crippen molar-refractivity contribution in [3.63, 3.8) is 0 Å². The highest BCUT2D eigenvalue weighted by molar-refractivity contribution is 7.98.